The summed E-state index contributed by atoms with van der Waals surface area (Å²) in [7, 11) is 0. The summed E-state index contributed by atoms with van der Waals surface area (Å²) >= 11 is 0. The van der Waals surface area contributed by atoms with Crippen LogP contribution in [0.2, 0.25) is 0 Å². The van der Waals surface area contributed by atoms with Gasteiger partial charge in [0.25, 0.3) is 0 Å². The molecule has 3 heteroatoms. The number of carbonyl (C=O) groups is 1. The molecule has 0 spiro atoms. The Balaban J connectivity index is 1.72. The van der Waals surface area contributed by atoms with E-state index in [2.05, 4.69) is 48.3 Å². The van der Waals surface area contributed by atoms with E-state index in [1.807, 2.05) is 0 Å². The quantitative estimate of drug-likeness (QED) is 0.782. The van der Waals surface area contributed by atoms with Crippen molar-refractivity contribution in [3.8, 4) is 0 Å². The number of hydrogen-bond donors (Lipinski definition) is 1. The van der Waals surface area contributed by atoms with Gasteiger partial charge in [-0.05, 0) is 43.0 Å². The number of nitrogens with zero attached hydrogens (tertiary/aromatic N) is 1. The molecule has 1 atom stereocenters. The summed E-state index contributed by atoms with van der Waals surface area (Å²) in [6, 6.07) is 8.70. The predicted octanol–water partition coefficient (Wildman–Crippen LogP) is 4.12. The van der Waals surface area contributed by atoms with Crippen LogP contribution in [0.1, 0.15) is 63.5 Å². The molecule has 0 aliphatic carbocycles. The molecule has 1 aliphatic heterocycles. The molecule has 0 radical (unpaired) electrons. The highest BCUT2D eigenvalue weighted by Crippen LogP contribution is 2.14. The molecule has 1 saturated heterocycles. The predicted molar refractivity (Wildman–Crippen MR) is 96.1 cm³/mol. The van der Waals surface area contributed by atoms with E-state index in [0.29, 0.717) is 18.9 Å². The van der Waals surface area contributed by atoms with E-state index in [-0.39, 0.29) is 5.91 Å². The zero-order chi connectivity index (χ0) is 16.5. The molecular weight excluding hydrogens is 284 g/mol. The SMILES string of the molecule is CCCC(C)CC(=O)NCc1ccc(CN2CCCCC2)cc1. The van der Waals surface area contributed by atoms with Crippen molar-refractivity contribution in [3.05, 3.63) is 35.4 Å². The van der Waals surface area contributed by atoms with Gasteiger partial charge in [0, 0.05) is 19.5 Å². The monoisotopic (exact) mass is 316 g/mol. The van der Waals surface area contributed by atoms with Gasteiger partial charge in [-0.15, -0.1) is 0 Å². The standard InChI is InChI=1S/C20H32N2O/c1-3-7-17(2)14-20(23)21-15-18-8-10-19(11-9-18)16-22-12-5-4-6-13-22/h8-11,17H,3-7,12-16H2,1-2H3,(H,21,23). The number of carbonyl (C=O) groups excluding carboxylic acids is 1. The normalized spacial score (nSPS) is 17.0. The second-order valence-corrected chi connectivity index (χ2v) is 7.03. The topological polar surface area (TPSA) is 32.3 Å². The Kier molecular flexibility index (Phi) is 7.60. The Labute approximate surface area is 141 Å². The van der Waals surface area contributed by atoms with Crippen LogP contribution in [0.15, 0.2) is 24.3 Å². The van der Waals surface area contributed by atoms with Gasteiger partial charge >= 0.3 is 0 Å². The van der Waals surface area contributed by atoms with Gasteiger partial charge in [-0.3, -0.25) is 9.69 Å². The van der Waals surface area contributed by atoms with Gasteiger partial charge in [-0.1, -0.05) is 57.4 Å². The third-order valence-electron chi connectivity index (χ3n) is 4.68. The molecule has 0 bridgehead atoms. The zero-order valence-electron chi connectivity index (χ0n) is 14.8. The van der Waals surface area contributed by atoms with Crippen LogP contribution in [-0.2, 0) is 17.9 Å². The van der Waals surface area contributed by atoms with Gasteiger partial charge in [0.15, 0.2) is 0 Å². The van der Waals surface area contributed by atoms with E-state index in [4.69, 9.17) is 0 Å². The lowest BCUT2D eigenvalue weighted by Crippen LogP contribution is -2.29. The smallest absolute Gasteiger partial charge is 0.220 e. The highest BCUT2D eigenvalue weighted by molar-refractivity contribution is 5.76. The molecule has 1 unspecified atom stereocenters. The minimum Gasteiger partial charge on any atom is -0.352 e. The molecule has 1 aliphatic rings. The molecule has 128 valence electrons. The second kappa shape index (κ2) is 9.71. The van der Waals surface area contributed by atoms with Crippen molar-refractivity contribution >= 4 is 5.91 Å². The van der Waals surface area contributed by atoms with Crippen molar-refractivity contribution in [2.75, 3.05) is 13.1 Å². The first-order valence-electron chi connectivity index (χ1n) is 9.24. The second-order valence-electron chi connectivity index (χ2n) is 7.03. The van der Waals surface area contributed by atoms with Crippen LogP contribution >= 0.6 is 0 Å². The summed E-state index contributed by atoms with van der Waals surface area (Å²) in [5, 5.41) is 3.04. The van der Waals surface area contributed by atoms with Crippen molar-refractivity contribution in [1.29, 1.82) is 0 Å². The van der Waals surface area contributed by atoms with E-state index in [1.54, 1.807) is 0 Å². The minimum absolute atomic E-state index is 0.170. The van der Waals surface area contributed by atoms with Crippen molar-refractivity contribution in [1.82, 2.24) is 10.2 Å². The lowest BCUT2D eigenvalue weighted by molar-refractivity contribution is -0.122. The van der Waals surface area contributed by atoms with Crippen molar-refractivity contribution in [3.63, 3.8) is 0 Å². The lowest BCUT2D eigenvalue weighted by atomic mass is 10.0. The van der Waals surface area contributed by atoms with Gasteiger partial charge in [0.1, 0.15) is 0 Å². The molecule has 3 nitrogen and oxygen atoms in total. The molecule has 1 N–H and O–H groups in total. The van der Waals surface area contributed by atoms with E-state index >= 15 is 0 Å². The maximum Gasteiger partial charge on any atom is 0.220 e. The number of amides is 1. The van der Waals surface area contributed by atoms with Gasteiger partial charge in [-0.2, -0.15) is 0 Å². The molecule has 23 heavy (non-hydrogen) atoms. The first-order valence-corrected chi connectivity index (χ1v) is 9.24. The Morgan fingerprint density at radius 3 is 2.43 bits per heavy atom. The van der Waals surface area contributed by atoms with E-state index in [9.17, 15) is 4.79 Å². The molecule has 0 saturated carbocycles. The minimum atomic E-state index is 0.170. The summed E-state index contributed by atoms with van der Waals surface area (Å²) in [6.45, 7) is 8.47. The van der Waals surface area contributed by atoms with Crippen LogP contribution in [0.4, 0.5) is 0 Å². The number of piperidine rings is 1. The average molecular weight is 316 g/mol. The Morgan fingerprint density at radius 2 is 1.78 bits per heavy atom. The van der Waals surface area contributed by atoms with Crippen LogP contribution in [0.3, 0.4) is 0 Å². The van der Waals surface area contributed by atoms with Gasteiger partial charge in [0.2, 0.25) is 5.91 Å². The lowest BCUT2D eigenvalue weighted by Gasteiger charge is -2.26. The van der Waals surface area contributed by atoms with Gasteiger partial charge in [-0.25, -0.2) is 0 Å². The Morgan fingerprint density at radius 1 is 1.13 bits per heavy atom. The molecule has 1 fully saturated rings. The summed E-state index contributed by atoms with van der Waals surface area (Å²) in [4.78, 5) is 14.5. The van der Waals surface area contributed by atoms with Crippen molar-refractivity contribution < 1.29 is 4.79 Å². The molecule has 1 amide bonds. The first-order chi connectivity index (χ1) is 11.2. The van der Waals surface area contributed by atoms with Gasteiger partial charge < -0.3 is 5.32 Å². The first kappa shape index (κ1) is 18.0. The van der Waals surface area contributed by atoms with E-state index in [0.717, 1.165) is 19.4 Å². The molecule has 1 heterocycles. The number of benzene rings is 1. The summed E-state index contributed by atoms with van der Waals surface area (Å²) in [5.74, 6) is 0.648. The fourth-order valence-corrected chi connectivity index (χ4v) is 3.32. The van der Waals surface area contributed by atoms with Crippen LogP contribution in [0, 0.1) is 5.92 Å². The number of nitrogens with one attached hydrogen (secondary N) is 1. The van der Waals surface area contributed by atoms with Gasteiger partial charge in [0.05, 0.1) is 0 Å². The van der Waals surface area contributed by atoms with Crippen LogP contribution in [0.5, 0.6) is 0 Å². The van der Waals surface area contributed by atoms with E-state index in [1.165, 1.54) is 43.5 Å². The Bertz CT molecular complexity index is 463. The molecule has 0 aromatic heterocycles. The third kappa shape index (κ3) is 6.74. The Hall–Kier alpha value is -1.35. The number of likely N-dealkylation sites (tertiary alicyclic amines) is 1. The average Bonchev–Trinajstić information content (AvgIpc) is 2.55. The zero-order valence-corrected chi connectivity index (χ0v) is 14.8. The third-order valence-corrected chi connectivity index (χ3v) is 4.68. The van der Waals surface area contributed by atoms with Crippen molar-refractivity contribution in [2.24, 2.45) is 5.92 Å². The number of rotatable bonds is 8. The summed E-state index contributed by atoms with van der Waals surface area (Å²) in [6.07, 6.45) is 6.96. The molecule has 1 aromatic rings. The van der Waals surface area contributed by atoms with Crippen LogP contribution < -0.4 is 5.32 Å². The van der Waals surface area contributed by atoms with Crippen molar-refractivity contribution in [2.45, 2.75) is 65.5 Å². The number of hydrogen-bond acceptors (Lipinski definition) is 2. The maximum absolute atomic E-state index is 11.9. The highest BCUT2D eigenvalue weighted by atomic mass is 16.1. The molecule has 2 rings (SSSR count). The van der Waals surface area contributed by atoms with Crippen LogP contribution in [-0.4, -0.2) is 23.9 Å². The highest BCUT2D eigenvalue weighted by Gasteiger charge is 2.10. The maximum atomic E-state index is 11.9. The largest absolute Gasteiger partial charge is 0.352 e. The van der Waals surface area contributed by atoms with Crippen LogP contribution in [0.25, 0.3) is 0 Å². The molecular formula is C20H32N2O. The summed E-state index contributed by atoms with van der Waals surface area (Å²) in [5.41, 5.74) is 2.56. The van der Waals surface area contributed by atoms with E-state index < -0.39 is 0 Å². The fraction of sp³-hybridized carbons (Fsp3) is 0.650. The summed E-state index contributed by atoms with van der Waals surface area (Å²) < 4.78 is 0. The molecule has 1 aromatic carbocycles. The fourth-order valence-electron chi connectivity index (χ4n) is 3.32.